The zero-order valence-electron chi connectivity index (χ0n) is 26.2. The number of carbonyl (C=O) groups is 1. The predicted molar refractivity (Wildman–Crippen MR) is 173 cm³/mol. The summed E-state index contributed by atoms with van der Waals surface area (Å²) >= 11 is 0. The van der Waals surface area contributed by atoms with Crippen LogP contribution < -0.4 is 9.47 Å². The molecule has 0 N–H and O–H groups in total. The molecular weight excluding hydrogens is 516 g/mol. The van der Waals surface area contributed by atoms with Gasteiger partial charge in [0, 0.05) is 0 Å². The van der Waals surface area contributed by atoms with Crippen LogP contribution in [0.1, 0.15) is 93.7 Å². The highest BCUT2D eigenvalue weighted by Crippen LogP contribution is 2.56. The van der Waals surface area contributed by atoms with Gasteiger partial charge in [-0.2, -0.15) is 0 Å². The zero-order valence-corrected chi connectivity index (χ0v) is 26.2. The Labute approximate surface area is 251 Å². The third kappa shape index (κ3) is 5.15. The van der Waals surface area contributed by atoms with E-state index in [9.17, 15) is 4.79 Å². The van der Waals surface area contributed by atoms with E-state index in [0.29, 0.717) is 5.75 Å². The van der Waals surface area contributed by atoms with Crippen molar-refractivity contribution >= 4 is 5.97 Å². The summed E-state index contributed by atoms with van der Waals surface area (Å²) < 4.78 is 12.3. The molecular formula is C39H44O3. The molecule has 1 aliphatic rings. The number of esters is 1. The lowest BCUT2D eigenvalue weighted by Gasteiger charge is -2.35. The maximum atomic E-state index is 13.2. The van der Waals surface area contributed by atoms with Crippen LogP contribution in [0.25, 0.3) is 11.1 Å². The molecule has 0 fully saturated rings. The molecule has 0 radical (unpaired) electrons. The van der Waals surface area contributed by atoms with Crippen molar-refractivity contribution in [2.24, 2.45) is 5.41 Å². The van der Waals surface area contributed by atoms with E-state index >= 15 is 0 Å². The van der Waals surface area contributed by atoms with Gasteiger partial charge in [-0.15, -0.1) is 0 Å². The molecule has 0 bridgehead atoms. The molecule has 0 spiro atoms. The Morgan fingerprint density at radius 1 is 0.786 bits per heavy atom. The summed E-state index contributed by atoms with van der Waals surface area (Å²) in [4.78, 5) is 13.2. The largest absolute Gasteiger partial charge is 0.490 e. The van der Waals surface area contributed by atoms with Crippen molar-refractivity contribution in [2.45, 2.75) is 85.7 Å². The molecule has 0 aromatic heterocycles. The molecule has 1 unspecified atom stereocenters. The van der Waals surface area contributed by atoms with Crippen LogP contribution in [0.2, 0.25) is 0 Å². The summed E-state index contributed by atoms with van der Waals surface area (Å²) in [5.74, 6) is 1.37. The number of unbranched alkanes of at least 4 members (excludes halogenated alkanes) is 1. The molecule has 218 valence electrons. The quantitative estimate of drug-likeness (QED) is 0.126. The topological polar surface area (TPSA) is 35.5 Å². The number of benzene rings is 4. The minimum absolute atomic E-state index is 0.154. The highest BCUT2D eigenvalue weighted by molar-refractivity contribution is 5.86. The minimum atomic E-state index is -0.527. The summed E-state index contributed by atoms with van der Waals surface area (Å²) in [5.41, 5.74) is 8.36. The monoisotopic (exact) mass is 560 g/mol. The number of hydrogen-bond acceptors (Lipinski definition) is 3. The summed E-state index contributed by atoms with van der Waals surface area (Å²) in [7, 11) is 0. The maximum absolute atomic E-state index is 13.2. The lowest BCUT2D eigenvalue weighted by Crippen LogP contribution is -2.30. The summed E-state index contributed by atoms with van der Waals surface area (Å²) in [6.07, 6.45) is 3.98. The van der Waals surface area contributed by atoms with E-state index in [4.69, 9.17) is 9.47 Å². The van der Waals surface area contributed by atoms with E-state index < -0.39 is 10.8 Å². The Kier molecular flexibility index (Phi) is 8.32. The lowest BCUT2D eigenvalue weighted by atomic mass is 9.67. The standard InChI is InChI=1S/C39H44O3/c1-8-10-23-38(6,7)37(40)42-36-22-20-30(25-27(36)4)39(29-19-21-35(26(3)24-29)41-28(5)9-2)33-17-13-11-15-31(33)32-16-12-14-18-34(32)39/h11-22,24-25,28H,8-10,23H2,1-7H3. The maximum Gasteiger partial charge on any atom is 0.316 e. The fraction of sp³-hybridized carbons (Fsp3) is 0.359. The molecule has 1 atom stereocenters. The van der Waals surface area contributed by atoms with Gasteiger partial charge in [-0.1, -0.05) is 99.5 Å². The molecule has 3 nitrogen and oxygen atoms in total. The normalized spacial score (nSPS) is 14.2. The average molecular weight is 561 g/mol. The first-order chi connectivity index (χ1) is 20.1. The molecule has 5 rings (SSSR count). The highest BCUT2D eigenvalue weighted by atomic mass is 16.5. The van der Waals surface area contributed by atoms with Gasteiger partial charge in [0.15, 0.2) is 0 Å². The average Bonchev–Trinajstić information content (AvgIpc) is 3.29. The summed E-state index contributed by atoms with van der Waals surface area (Å²) in [6.45, 7) is 14.5. The van der Waals surface area contributed by atoms with E-state index in [0.717, 1.165) is 48.1 Å². The van der Waals surface area contributed by atoms with Crippen LogP contribution in [0, 0.1) is 19.3 Å². The van der Waals surface area contributed by atoms with Crippen LogP contribution in [0.3, 0.4) is 0 Å². The van der Waals surface area contributed by atoms with Crippen molar-refractivity contribution in [2.75, 3.05) is 0 Å². The Morgan fingerprint density at radius 2 is 1.31 bits per heavy atom. The molecule has 0 amide bonds. The van der Waals surface area contributed by atoms with Gasteiger partial charge in [0.05, 0.1) is 16.9 Å². The van der Waals surface area contributed by atoms with Crippen LogP contribution in [-0.2, 0) is 10.2 Å². The van der Waals surface area contributed by atoms with Crippen molar-refractivity contribution in [3.63, 3.8) is 0 Å². The van der Waals surface area contributed by atoms with Crippen molar-refractivity contribution in [3.05, 3.63) is 118 Å². The van der Waals surface area contributed by atoms with E-state index in [1.54, 1.807) is 0 Å². The molecule has 3 heteroatoms. The van der Waals surface area contributed by atoms with E-state index in [2.05, 4.69) is 107 Å². The minimum Gasteiger partial charge on any atom is -0.490 e. The van der Waals surface area contributed by atoms with Crippen molar-refractivity contribution in [1.29, 1.82) is 0 Å². The molecule has 1 aliphatic carbocycles. The summed E-state index contributed by atoms with van der Waals surface area (Å²) in [6, 6.07) is 30.5. The van der Waals surface area contributed by atoms with Crippen LogP contribution >= 0.6 is 0 Å². The van der Waals surface area contributed by atoms with Crippen molar-refractivity contribution in [3.8, 4) is 22.6 Å². The van der Waals surface area contributed by atoms with E-state index in [1.165, 1.54) is 27.8 Å². The Bertz CT molecular complexity index is 1550. The lowest BCUT2D eigenvalue weighted by molar-refractivity contribution is -0.144. The van der Waals surface area contributed by atoms with Gasteiger partial charge in [0.25, 0.3) is 0 Å². The SMILES string of the molecule is CCCCC(C)(C)C(=O)Oc1ccc(C2(c3ccc(OC(C)CC)c(C)c3)c3ccccc3-c3ccccc32)cc1C. The van der Waals surface area contributed by atoms with Gasteiger partial charge in [0.2, 0.25) is 0 Å². The van der Waals surface area contributed by atoms with Gasteiger partial charge >= 0.3 is 5.97 Å². The number of fused-ring (bicyclic) bond motifs is 3. The second kappa shape index (κ2) is 11.8. The van der Waals surface area contributed by atoms with E-state index in [-0.39, 0.29) is 12.1 Å². The second-order valence-electron chi connectivity index (χ2n) is 12.5. The fourth-order valence-corrected chi connectivity index (χ4v) is 6.29. The molecule has 4 aromatic rings. The number of aryl methyl sites for hydroxylation is 2. The number of carbonyl (C=O) groups excluding carboxylic acids is 1. The third-order valence-corrected chi connectivity index (χ3v) is 8.98. The Hall–Kier alpha value is -3.85. The molecule has 0 saturated heterocycles. The molecule has 4 aromatic carbocycles. The van der Waals surface area contributed by atoms with Gasteiger partial charge in [-0.05, 0) is 104 Å². The predicted octanol–water partition coefficient (Wildman–Crippen LogP) is 9.97. The van der Waals surface area contributed by atoms with Gasteiger partial charge in [-0.25, -0.2) is 0 Å². The van der Waals surface area contributed by atoms with Gasteiger partial charge in [-0.3, -0.25) is 4.79 Å². The number of hydrogen-bond donors (Lipinski definition) is 0. The number of ether oxygens (including phenoxy) is 2. The van der Waals surface area contributed by atoms with Gasteiger partial charge in [0.1, 0.15) is 11.5 Å². The van der Waals surface area contributed by atoms with Crippen LogP contribution in [0.5, 0.6) is 11.5 Å². The van der Waals surface area contributed by atoms with Gasteiger partial charge < -0.3 is 9.47 Å². The first-order valence-corrected chi connectivity index (χ1v) is 15.4. The molecule has 42 heavy (non-hydrogen) atoms. The van der Waals surface area contributed by atoms with E-state index in [1.807, 2.05) is 26.8 Å². The molecule has 0 saturated carbocycles. The Morgan fingerprint density at radius 3 is 1.81 bits per heavy atom. The first-order valence-electron chi connectivity index (χ1n) is 15.4. The fourth-order valence-electron chi connectivity index (χ4n) is 6.29. The smallest absolute Gasteiger partial charge is 0.316 e. The third-order valence-electron chi connectivity index (χ3n) is 8.98. The highest BCUT2D eigenvalue weighted by Gasteiger charge is 2.46. The van der Waals surface area contributed by atoms with Crippen molar-refractivity contribution in [1.82, 2.24) is 0 Å². The molecule has 0 aliphatic heterocycles. The summed E-state index contributed by atoms with van der Waals surface area (Å²) in [5, 5.41) is 0. The zero-order chi connectivity index (χ0) is 30.1. The first kappa shape index (κ1) is 29.6. The Balaban J connectivity index is 1.67. The van der Waals surface area contributed by atoms with Crippen LogP contribution in [0.4, 0.5) is 0 Å². The second-order valence-corrected chi connectivity index (χ2v) is 12.5. The molecule has 0 heterocycles. The van der Waals surface area contributed by atoms with Crippen LogP contribution in [0.15, 0.2) is 84.9 Å². The van der Waals surface area contributed by atoms with Crippen molar-refractivity contribution < 1.29 is 14.3 Å². The number of rotatable bonds is 10. The van der Waals surface area contributed by atoms with Crippen LogP contribution in [-0.4, -0.2) is 12.1 Å².